The second-order valence-electron chi connectivity index (χ2n) is 17.4. The number of esters is 2. The summed E-state index contributed by atoms with van der Waals surface area (Å²) in [5.74, 6) is -1.48. The number of unbranched alkanes of at least 4 members (excludes halogenated alkanes) is 23. The van der Waals surface area contributed by atoms with Crippen molar-refractivity contribution >= 4 is 17.9 Å². The van der Waals surface area contributed by atoms with E-state index in [0.717, 1.165) is 64.2 Å². The van der Waals surface area contributed by atoms with E-state index in [9.17, 15) is 19.5 Å². The third-order valence-corrected chi connectivity index (χ3v) is 10.8. The van der Waals surface area contributed by atoms with Crippen LogP contribution in [0.25, 0.3) is 0 Å². The minimum absolute atomic E-state index is 0.0563. The molecular weight excluding hydrogens is 727 g/mol. The number of ether oxygens (including phenoxy) is 3. The predicted molar refractivity (Wildman–Crippen MR) is 243 cm³/mol. The summed E-state index contributed by atoms with van der Waals surface area (Å²) in [6.45, 7) is 4.70. The van der Waals surface area contributed by atoms with Crippen molar-refractivity contribution in [1.82, 2.24) is 0 Å². The number of quaternary nitrogens is 1. The summed E-state index contributed by atoms with van der Waals surface area (Å²) in [6, 6.07) is -0.616. The van der Waals surface area contributed by atoms with Crippen LogP contribution in [-0.2, 0) is 28.6 Å². The van der Waals surface area contributed by atoms with Gasteiger partial charge in [0.1, 0.15) is 6.61 Å². The fourth-order valence-corrected chi connectivity index (χ4v) is 7.00. The first-order valence-corrected chi connectivity index (χ1v) is 24.0. The Morgan fingerprint density at radius 1 is 0.517 bits per heavy atom. The van der Waals surface area contributed by atoms with E-state index in [1.54, 1.807) is 0 Å². The monoisotopic (exact) mass is 819 g/mol. The molecule has 1 N–H and O–H groups in total. The van der Waals surface area contributed by atoms with Crippen LogP contribution in [0.15, 0.2) is 36.5 Å². The van der Waals surface area contributed by atoms with E-state index >= 15 is 0 Å². The maximum atomic E-state index is 12.7. The molecule has 0 spiro atoms. The molecule has 0 aromatic rings. The molecule has 2 atom stereocenters. The first kappa shape index (κ1) is 55.5. The van der Waals surface area contributed by atoms with Crippen LogP contribution in [0.3, 0.4) is 0 Å². The Balaban J connectivity index is 4.24. The number of aliphatic carboxylic acids is 1. The van der Waals surface area contributed by atoms with Crippen LogP contribution < -0.4 is 0 Å². The molecule has 0 heterocycles. The number of hydrogen-bond donors (Lipinski definition) is 1. The summed E-state index contributed by atoms with van der Waals surface area (Å²) in [7, 11) is 5.52. The Hall–Kier alpha value is -2.45. The molecule has 0 saturated heterocycles. The fraction of sp³-hybridized carbons (Fsp3) is 0.820. The predicted octanol–water partition coefficient (Wildman–Crippen LogP) is 13.4. The number of allylic oxidation sites excluding steroid dienone is 6. The van der Waals surface area contributed by atoms with Gasteiger partial charge in [-0.25, -0.2) is 4.79 Å². The van der Waals surface area contributed by atoms with Gasteiger partial charge in [0.2, 0.25) is 0 Å². The van der Waals surface area contributed by atoms with Crippen LogP contribution in [0.5, 0.6) is 0 Å². The van der Waals surface area contributed by atoms with Crippen molar-refractivity contribution < 1.29 is 38.2 Å². The minimum Gasteiger partial charge on any atom is -0.477 e. The Labute approximate surface area is 357 Å². The van der Waals surface area contributed by atoms with Gasteiger partial charge >= 0.3 is 17.9 Å². The van der Waals surface area contributed by atoms with E-state index in [1.165, 1.54) is 116 Å². The lowest BCUT2D eigenvalue weighted by atomic mass is 10.1. The Morgan fingerprint density at radius 3 is 1.38 bits per heavy atom. The zero-order chi connectivity index (χ0) is 42.8. The molecule has 0 bridgehead atoms. The zero-order valence-electron chi connectivity index (χ0n) is 38.5. The second kappa shape index (κ2) is 41.3. The van der Waals surface area contributed by atoms with Gasteiger partial charge in [0.05, 0.1) is 34.4 Å². The Kier molecular flexibility index (Phi) is 39.5. The molecule has 0 fully saturated rings. The molecule has 8 nitrogen and oxygen atoms in total. The van der Waals surface area contributed by atoms with Gasteiger partial charge in [0.25, 0.3) is 0 Å². The molecule has 0 aliphatic rings. The van der Waals surface area contributed by atoms with Gasteiger partial charge in [0, 0.05) is 19.3 Å². The molecule has 338 valence electrons. The molecule has 8 heteroatoms. The largest absolute Gasteiger partial charge is 0.477 e. The summed E-state index contributed by atoms with van der Waals surface area (Å²) in [5.41, 5.74) is 0. The molecule has 58 heavy (non-hydrogen) atoms. The standard InChI is InChI=1S/C50H91NO7/c1-6-8-10-12-14-16-18-20-21-22-23-24-25-26-27-28-29-31-32-34-36-38-40-48(52)57-45-46(44-56-43-42-47(50(54)55)51(3,4)5)58-49(53)41-39-37-35-33-30-19-17-15-13-11-9-7-2/h15,17,22-23,25-26,46-47H,6-14,16,18-21,24,27-45H2,1-5H3/p+1/b17-15+,23-22+,26-25+. The molecule has 0 aliphatic heterocycles. The SMILES string of the molecule is CCCCC/C=C/CCCCCCCC(=O)OC(COCCC(C(=O)O)[N+](C)(C)C)COC(=O)CCCCCCCCC/C=C/C/C=C/CCCCCCCCCC. The van der Waals surface area contributed by atoms with Gasteiger partial charge in [-0.2, -0.15) is 0 Å². The van der Waals surface area contributed by atoms with Crippen LogP contribution in [-0.4, -0.2) is 80.6 Å². The average molecular weight is 819 g/mol. The zero-order valence-corrected chi connectivity index (χ0v) is 38.5. The highest BCUT2D eigenvalue weighted by Crippen LogP contribution is 2.14. The fourth-order valence-electron chi connectivity index (χ4n) is 7.00. The molecule has 0 saturated carbocycles. The van der Waals surface area contributed by atoms with E-state index in [1.807, 2.05) is 21.1 Å². The van der Waals surface area contributed by atoms with Crippen molar-refractivity contribution in [3.63, 3.8) is 0 Å². The van der Waals surface area contributed by atoms with Crippen LogP contribution in [0.1, 0.15) is 213 Å². The van der Waals surface area contributed by atoms with Gasteiger partial charge < -0.3 is 23.8 Å². The van der Waals surface area contributed by atoms with Gasteiger partial charge in [-0.3, -0.25) is 9.59 Å². The van der Waals surface area contributed by atoms with Crippen LogP contribution in [0, 0.1) is 0 Å². The number of rotatable bonds is 43. The minimum atomic E-state index is -0.877. The summed E-state index contributed by atoms with van der Waals surface area (Å²) in [4.78, 5) is 37.0. The van der Waals surface area contributed by atoms with E-state index in [4.69, 9.17) is 14.2 Å². The van der Waals surface area contributed by atoms with Crippen LogP contribution in [0.4, 0.5) is 0 Å². The lowest BCUT2D eigenvalue weighted by molar-refractivity contribution is -0.887. The van der Waals surface area contributed by atoms with Crippen molar-refractivity contribution in [2.45, 2.75) is 225 Å². The first-order chi connectivity index (χ1) is 28.1. The number of nitrogens with zero attached hydrogens (tertiary/aromatic N) is 1. The third-order valence-electron chi connectivity index (χ3n) is 10.8. The van der Waals surface area contributed by atoms with E-state index in [2.05, 4.69) is 50.3 Å². The first-order valence-electron chi connectivity index (χ1n) is 24.0. The molecule has 0 aromatic carbocycles. The highest BCUT2D eigenvalue weighted by molar-refractivity contribution is 5.72. The number of carboxylic acid groups (broad SMARTS) is 1. The Bertz CT molecular complexity index is 1050. The topological polar surface area (TPSA) is 99.1 Å². The number of carboxylic acids is 1. The van der Waals surface area contributed by atoms with Crippen molar-refractivity contribution in [2.75, 3.05) is 41.0 Å². The van der Waals surface area contributed by atoms with E-state index in [0.29, 0.717) is 19.3 Å². The number of carbonyl (C=O) groups excluding carboxylic acids is 2. The summed E-state index contributed by atoms with van der Waals surface area (Å²) >= 11 is 0. The molecular formula is C50H92NO7+. The molecule has 0 amide bonds. The highest BCUT2D eigenvalue weighted by Gasteiger charge is 2.31. The van der Waals surface area contributed by atoms with Gasteiger partial charge in [-0.15, -0.1) is 0 Å². The number of hydrogen-bond acceptors (Lipinski definition) is 6. The van der Waals surface area contributed by atoms with Crippen molar-refractivity contribution in [3.05, 3.63) is 36.5 Å². The molecule has 0 aromatic heterocycles. The molecule has 0 rings (SSSR count). The molecule has 0 aliphatic carbocycles. The van der Waals surface area contributed by atoms with Crippen LogP contribution >= 0.6 is 0 Å². The normalized spacial score (nSPS) is 13.2. The van der Waals surface area contributed by atoms with Crippen molar-refractivity contribution in [2.24, 2.45) is 0 Å². The molecule has 0 radical (unpaired) electrons. The lowest BCUT2D eigenvalue weighted by Gasteiger charge is -2.31. The summed E-state index contributed by atoms with van der Waals surface area (Å²) in [6.07, 6.45) is 47.6. The number of carbonyl (C=O) groups is 3. The highest BCUT2D eigenvalue weighted by atomic mass is 16.6. The average Bonchev–Trinajstić information content (AvgIpc) is 3.18. The number of likely N-dealkylation sites (N-methyl/N-ethyl adjacent to an activating group) is 1. The molecule has 2 unspecified atom stereocenters. The van der Waals surface area contributed by atoms with Crippen molar-refractivity contribution in [1.29, 1.82) is 0 Å². The maximum absolute atomic E-state index is 12.7. The third kappa shape index (κ3) is 39.0. The Morgan fingerprint density at radius 2 is 0.914 bits per heavy atom. The van der Waals surface area contributed by atoms with Gasteiger partial charge in [-0.1, -0.05) is 159 Å². The lowest BCUT2D eigenvalue weighted by Crippen LogP contribution is -2.50. The van der Waals surface area contributed by atoms with Gasteiger partial charge in [-0.05, 0) is 70.6 Å². The second-order valence-corrected chi connectivity index (χ2v) is 17.4. The van der Waals surface area contributed by atoms with Gasteiger partial charge in [0.15, 0.2) is 12.1 Å². The maximum Gasteiger partial charge on any atom is 0.362 e. The van der Waals surface area contributed by atoms with E-state index < -0.39 is 18.1 Å². The quantitative estimate of drug-likeness (QED) is 0.0283. The van der Waals surface area contributed by atoms with E-state index in [-0.39, 0.29) is 36.2 Å². The van der Waals surface area contributed by atoms with Crippen molar-refractivity contribution in [3.8, 4) is 0 Å². The van der Waals surface area contributed by atoms with Crippen LogP contribution in [0.2, 0.25) is 0 Å². The summed E-state index contributed by atoms with van der Waals surface area (Å²) < 4.78 is 17.3. The summed E-state index contributed by atoms with van der Waals surface area (Å²) in [5, 5.41) is 9.62. The smallest absolute Gasteiger partial charge is 0.362 e.